The molecule has 1 unspecified atom stereocenters. The van der Waals surface area contributed by atoms with Gasteiger partial charge in [0, 0.05) is 12.6 Å². The molecule has 1 atom stereocenters. The first-order valence-electron chi connectivity index (χ1n) is 7.74. The minimum Gasteiger partial charge on any atom is -0.324 e. The summed E-state index contributed by atoms with van der Waals surface area (Å²) in [4.78, 5) is 2.57. The maximum atomic E-state index is 6.35. The van der Waals surface area contributed by atoms with Crippen molar-refractivity contribution < 1.29 is 0 Å². The lowest BCUT2D eigenvalue weighted by atomic mass is 9.85. The first kappa shape index (κ1) is 14.5. The van der Waals surface area contributed by atoms with Crippen LogP contribution in [0.15, 0.2) is 24.3 Å². The summed E-state index contributed by atoms with van der Waals surface area (Å²) in [6.45, 7) is 7.97. The van der Waals surface area contributed by atoms with Gasteiger partial charge in [-0.2, -0.15) is 0 Å². The molecule has 2 heteroatoms. The van der Waals surface area contributed by atoms with Crippen LogP contribution in [-0.4, -0.2) is 24.5 Å². The van der Waals surface area contributed by atoms with Crippen LogP contribution in [0.2, 0.25) is 0 Å². The average Bonchev–Trinajstić information content (AvgIpc) is 2.37. The third kappa shape index (κ3) is 4.05. The highest BCUT2D eigenvalue weighted by atomic mass is 15.1. The third-order valence-electron chi connectivity index (χ3n) is 4.53. The predicted octanol–water partition coefficient (Wildman–Crippen LogP) is 3.51. The minimum absolute atomic E-state index is 0.177. The molecule has 0 amide bonds. The van der Waals surface area contributed by atoms with Crippen molar-refractivity contribution in [1.29, 1.82) is 0 Å². The Labute approximate surface area is 118 Å². The fourth-order valence-corrected chi connectivity index (χ4v) is 2.90. The van der Waals surface area contributed by atoms with Gasteiger partial charge in [-0.1, -0.05) is 37.6 Å². The van der Waals surface area contributed by atoms with Crippen LogP contribution in [0.25, 0.3) is 0 Å². The molecule has 1 aromatic carbocycles. The summed E-state index contributed by atoms with van der Waals surface area (Å²) in [6.07, 6.45) is 5.36. The zero-order valence-corrected chi connectivity index (χ0v) is 12.4. The standard InChI is InChI=1S/C17H28N2/c1-3-19(13-15-8-6-9-15)12-11-17(18)16-10-5-4-7-14(16)2/h4-5,7,10,15,17H,3,6,8-9,11-13,18H2,1-2H3. The van der Waals surface area contributed by atoms with Gasteiger partial charge < -0.3 is 10.6 Å². The number of benzene rings is 1. The lowest BCUT2D eigenvalue weighted by molar-refractivity contribution is 0.180. The molecule has 1 saturated carbocycles. The van der Waals surface area contributed by atoms with Crippen molar-refractivity contribution in [1.82, 2.24) is 4.90 Å². The third-order valence-corrected chi connectivity index (χ3v) is 4.53. The molecule has 1 fully saturated rings. The Bertz CT molecular complexity index is 385. The van der Waals surface area contributed by atoms with Gasteiger partial charge in [-0.25, -0.2) is 0 Å². The van der Waals surface area contributed by atoms with Crippen molar-refractivity contribution in [2.24, 2.45) is 11.7 Å². The summed E-state index contributed by atoms with van der Waals surface area (Å²) in [5.41, 5.74) is 8.97. The van der Waals surface area contributed by atoms with Crippen molar-refractivity contribution >= 4 is 0 Å². The summed E-state index contributed by atoms with van der Waals surface area (Å²) in [7, 11) is 0. The highest BCUT2D eigenvalue weighted by Crippen LogP contribution is 2.27. The molecule has 0 aliphatic heterocycles. The minimum atomic E-state index is 0.177. The Morgan fingerprint density at radius 1 is 1.32 bits per heavy atom. The molecule has 2 rings (SSSR count). The van der Waals surface area contributed by atoms with Crippen LogP contribution < -0.4 is 5.73 Å². The van der Waals surface area contributed by atoms with Gasteiger partial charge in [0.05, 0.1) is 0 Å². The Morgan fingerprint density at radius 2 is 2.05 bits per heavy atom. The number of rotatable bonds is 7. The Hall–Kier alpha value is -0.860. The van der Waals surface area contributed by atoms with Crippen LogP contribution in [0.1, 0.15) is 49.8 Å². The lowest BCUT2D eigenvalue weighted by Crippen LogP contribution is -2.34. The van der Waals surface area contributed by atoms with E-state index < -0.39 is 0 Å². The molecular weight excluding hydrogens is 232 g/mol. The molecule has 106 valence electrons. The second-order valence-corrected chi connectivity index (χ2v) is 5.94. The topological polar surface area (TPSA) is 29.3 Å². The van der Waals surface area contributed by atoms with Crippen LogP contribution in [0.3, 0.4) is 0 Å². The summed E-state index contributed by atoms with van der Waals surface area (Å²) in [5.74, 6) is 0.953. The van der Waals surface area contributed by atoms with Crippen molar-refractivity contribution in [3.8, 4) is 0 Å². The second kappa shape index (κ2) is 7.06. The largest absolute Gasteiger partial charge is 0.324 e. The number of hydrogen-bond acceptors (Lipinski definition) is 2. The van der Waals surface area contributed by atoms with E-state index in [1.54, 1.807) is 0 Å². The molecule has 0 spiro atoms. The van der Waals surface area contributed by atoms with Crippen molar-refractivity contribution in [3.05, 3.63) is 35.4 Å². The van der Waals surface area contributed by atoms with Gasteiger partial charge in [-0.15, -0.1) is 0 Å². The fraction of sp³-hybridized carbons (Fsp3) is 0.647. The Kier molecular flexibility index (Phi) is 5.41. The summed E-state index contributed by atoms with van der Waals surface area (Å²) >= 11 is 0. The van der Waals surface area contributed by atoms with E-state index in [1.165, 1.54) is 36.9 Å². The monoisotopic (exact) mass is 260 g/mol. The lowest BCUT2D eigenvalue weighted by Gasteiger charge is -2.32. The van der Waals surface area contributed by atoms with E-state index in [4.69, 9.17) is 5.73 Å². The predicted molar refractivity (Wildman–Crippen MR) is 82.2 cm³/mol. The van der Waals surface area contributed by atoms with Crippen molar-refractivity contribution in [2.75, 3.05) is 19.6 Å². The van der Waals surface area contributed by atoms with Gasteiger partial charge in [0.25, 0.3) is 0 Å². The summed E-state index contributed by atoms with van der Waals surface area (Å²) in [5, 5.41) is 0. The smallest absolute Gasteiger partial charge is 0.0309 e. The number of hydrogen-bond donors (Lipinski definition) is 1. The average molecular weight is 260 g/mol. The molecule has 19 heavy (non-hydrogen) atoms. The van der Waals surface area contributed by atoms with Crippen LogP contribution in [-0.2, 0) is 0 Å². The van der Waals surface area contributed by atoms with Gasteiger partial charge in [0.2, 0.25) is 0 Å². The molecule has 2 N–H and O–H groups in total. The van der Waals surface area contributed by atoms with Crippen LogP contribution in [0, 0.1) is 12.8 Å². The summed E-state index contributed by atoms with van der Waals surface area (Å²) in [6, 6.07) is 8.68. The first-order chi connectivity index (χ1) is 9.20. The van der Waals surface area contributed by atoms with Gasteiger partial charge in [-0.3, -0.25) is 0 Å². The molecule has 0 aromatic heterocycles. The van der Waals surface area contributed by atoms with Crippen LogP contribution in [0.4, 0.5) is 0 Å². The molecule has 1 aromatic rings. The Morgan fingerprint density at radius 3 is 2.63 bits per heavy atom. The molecule has 2 nitrogen and oxygen atoms in total. The molecular formula is C17H28N2. The molecule has 1 aliphatic carbocycles. The van der Waals surface area contributed by atoms with E-state index in [-0.39, 0.29) is 6.04 Å². The number of nitrogens with two attached hydrogens (primary N) is 1. The first-order valence-corrected chi connectivity index (χ1v) is 7.74. The summed E-state index contributed by atoms with van der Waals surface area (Å²) < 4.78 is 0. The number of nitrogens with zero attached hydrogens (tertiary/aromatic N) is 1. The van der Waals surface area contributed by atoms with E-state index in [2.05, 4.69) is 43.0 Å². The van der Waals surface area contributed by atoms with Crippen molar-refractivity contribution in [3.63, 3.8) is 0 Å². The Balaban J connectivity index is 1.81. The quantitative estimate of drug-likeness (QED) is 0.813. The van der Waals surface area contributed by atoms with E-state index in [1.807, 2.05) is 0 Å². The van der Waals surface area contributed by atoms with Gasteiger partial charge in [0.15, 0.2) is 0 Å². The zero-order valence-electron chi connectivity index (χ0n) is 12.4. The highest BCUT2D eigenvalue weighted by Gasteiger charge is 2.20. The van der Waals surface area contributed by atoms with Crippen LogP contribution in [0.5, 0.6) is 0 Å². The van der Waals surface area contributed by atoms with E-state index >= 15 is 0 Å². The molecule has 0 bridgehead atoms. The molecule has 0 radical (unpaired) electrons. The van der Waals surface area contributed by atoms with E-state index in [9.17, 15) is 0 Å². The normalized spacial score (nSPS) is 17.5. The van der Waals surface area contributed by atoms with E-state index in [0.717, 1.165) is 25.4 Å². The van der Waals surface area contributed by atoms with E-state index in [0.29, 0.717) is 0 Å². The maximum Gasteiger partial charge on any atom is 0.0309 e. The fourth-order valence-electron chi connectivity index (χ4n) is 2.90. The highest BCUT2D eigenvalue weighted by molar-refractivity contribution is 5.28. The second-order valence-electron chi connectivity index (χ2n) is 5.94. The molecule has 0 heterocycles. The van der Waals surface area contributed by atoms with Gasteiger partial charge in [-0.05, 0) is 56.3 Å². The molecule has 1 aliphatic rings. The van der Waals surface area contributed by atoms with Crippen LogP contribution >= 0.6 is 0 Å². The number of aryl methyl sites for hydroxylation is 1. The maximum absolute atomic E-state index is 6.35. The van der Waals surface area contributed by atoms with Crippen molar-refractivity contribution in [2.45, 2.75) is 45.6 Å². The van der Waals surface area contributed by atoms with Gasteiger partial charge >= 0.3 is 0 Å². The SMILES string of the molecule is CCN(CCC(N)c1ccccc1C)CC1CCC1. The van der Waals surface area contributed by atoms with Gasteiger partial charge in [0.1, 0.15) is 0 Å². The zero-order chi connectivity index (χ0) is 13.7. The molecule has 0 saturated heterocycles.